The van der Waals surface area contributed by atoms with Gasteiger partial charge in [-0.1, -0.05) is 0 Å². The lowest BCUT2D eigenvalue weighted by Gasteiger charge is -2.17. The number of nitrogens with zero attached hydrogens (tertiary/aromatic N) is 3. The molecule has 6 heteroatoms. The van der Waals surface area contributed by atoms with Crippen LogP contribution in [0, 0.1) is 0 Å². The van der Waals surface area contributed by atoms with Crippen molar-refractivity contribution in [3.05, 3.63) is 12.7 Å². The van der Waals surface area contributed by atoms with Crippen LogP contribution in [-0.4, -0.2) is 38.4 Å². The lowest BCUT2D eigenvalue weighted by Crippen LogP contribution is -2.37. The molecule has 90 valence electrons. The van der Waals surface area contributed by atoms with Crippen LogP contribution in [0.15, 0.2) is 12.7 Å². The smallest absolute Gasteiger partial charge is 0.244 e. The van der Waals surface area contributed by atoms with Gasteiger partial charge in [-0.2, -0.15) is 5.10 Å². The van der Waals surface area contributed by atoms with Gasteiger partial charge >= 0.3 is 0 Å². The highest BCUT2D eigenvalue weighted by Gasteiger charge is 2.16. The summed E-state index contributed by atoms with van der Waals surface area (Å²) in [7, 11) is 0. The van der Waals surface area contributed by atoms with E-state index in [1.165, 1.54) is 17.3 Å². The molecule has 0 saturated heterocycles. The van der Waals surface area contributed by atoms with Gasteiger partial charge in [0.05, 0.1) is 0 Å². The molecule has 0 aliphatic carbocycles. The molecule has 1 amide bonds. The summed E-state index contributed by atoms with van der Waals surface area (Å²) >= 11 is 0. The normalized spacial score (nSPS) is 14.4. The lowest BCUT2D eigenvalue weighted by atomic mass is 10.2. The average Bonchev–Trinajstić information content (AvgIpc) is 2.78. The third-order valence-corrected chi connectivity index (χ3v) is 2.40. The van der Waals surface area contributed by atoms with Crippen LogP contribution in [0.1, 0.15) is 32.7 Å². The Bertz CT molecular complexity index is 313. The molecule has 16 heavy (non-hydrogen) atoms. The maximum atomic E-state index is 11.8. The summed E-state index contributed by atoms with van der Waals surface area (Å²) in [6.45, 7) is 3.84. The molecule has 1 heterocycles. The van der Waals surface area contributed by atoms with E-state index in [0.29, 0.717) is 6.42 Å². The molecular weight excluding hydrogens is 208 g/mol. The summed E-state index contributed by atoms with van der Waals surface area (Å²) in [5.74, 6) is -0.0871. The second-order valence-corrected chi connectivity index (χ2v) is 3.83. The van der Waals surface area contributed by atoms with Crippen LogP contribution < -0.4 is 5.32 Å². The van der Waals surface area contributed by atoms with Gasteiger partial charge < -0.3 is 10.4 Å². The lowest BCUT2D eigenvalue weighted by molar-refractivity contribution is -0.124. The third-order valence-electron chi connectivity index (χ3n) is 2.40. The van der Waals surface area contributed by atoms with E-state index in [2.05, 4.69) is 15.4 Å². The fraction of sp³-hybridized carbons (Fsp3) is 0.700. The Morgan fingerprint density at radius 1 is 1.56 bits per heavy atom. The van der Waals surface area contributed by atoms with Crippen LogP contribution in [0.25, 0.3) is 0 Å². The number of hydrogen-bond acceptors (Lipinski definition) is 4. The molecule has 0 saturated carbocycles. The Hall–Kier alpha value is -1.43. The molecule has 0 bridgehead atoms. The molecule has 0 spiro atoms. The fourth-order valence-electron chi connectivity index (χ4n) is 1.37. The first-order valence-electron chi connectivity index (χ1n) is 5.40. The zero-order valence-corrected chi connectivity index (χ0v) is 9.63. The number of aliphatic hydroxyl groups is 1. The van der Waals surface area contributed by atoms with Gasteiger partial charge in [0.15, 0.2) is 0 Å². The number of carbonyl (C=O) groups is 1. The molecule has 0 aliphatic heterocycles. The highest BCUT2D eigenvalue weighted by Crippen LogP contribution is 2.04. The van der Waals surface area contributed by atoms with Gasteiger partial charge in [-0.15, -0.1) is 0 Å². The van der Waals surface area contributed by atoms with E-state index < -0.39 is 0 Å². The van der Waals surface area contributed by atoms with Crippen molar-refractivity contribution >= 4 is 5.91 Å². The Kier molecular flexibility index (Phi) is 4.91. The first-order valence-corrected chi connectivity index (χ1v) is 5.40. The zero-order valence-electron chi connectivity index (χ0n) is 9.63. The first-order chi connectivity index (χ1) is 7.65. The van der Waals surface area contributed by atoms with Gasteiger partial charge in [0.1, 0.15) is 18.7 Å². The molecule has 2 N–H and O–H groups in total. The van der Waals surface area contributed by atoms with Crippen molar-refractivity contribution in [2.45, 2.75) is 38.8 Å². The van der Waals surface area contributed by atoms with Gasteiger partial charge in [0.25, 0.3) is 0 Å². The first kappa shape index (κ1) is 12.6. The maximum Gasteiger partial charge on any atom is 0.244 e. The number of rotatable bonds is 6. The van der Waals surface area contributed by atoms with E-state index in [-0.39, 0.29) is 24.6 Å². The summed E-state index contributed by atoms with van der Waals surface area (Å²) < 4.78 is 1.51. The number of nitrogens with one attached hydrogen (secondary N) is 1. The van der Waals surface area contributed by atoms with Gasteiger partial charge in [0.2, 0.25) is 5.91 Å². The number of aliphatic hydroxyl groups excluding tert-OH is 1. The van der Waals surface area contributed by atoms with Crippen molar-refractivity contribution in [3.8, 4) is 0 Å². The average molecular weight is 226 g/mol. The molecular formula is C10H18N4O2. The van der Waals surface area contributed by atoms with Crippen molar-refractivity contribution < 1.29 is 9.90 Å². The summed E-state index contributed by atoms with van der Waals surface area (Å²) in [4.78, 5) is 15.5. The highest BCUT2D eigenvalue weighted by molar-refractivity contribution is 5.79. The number of amides is 1. The molecule has 0 fully saturated rings. The minimum atomic E-state index is -0.362. The van der Waals surface area contributed by atoms with E-state index in [1.54, 1.807) is 6.92 Å². The summed E-state index contributed by atoms with van der Waals surface area (Å²) in [6, 6.07) is -0.301. The van der Waals surface area contributed by atoms with Crippen LogP contribution in [0.5, 0.6) is 0 Å². The van der Waals surface area contributed by atoms with E-state index in [0.717, 1.165) is 6.42 Å². The van der Waals surface area contributed by atoms with Crippen molar-refractivity contribution in [2.24, 2.45) is 0 Å². The minimum Gasteiger partial charge on any atom is -0.396 e. The SMILES string of the molecule is CC(CCCO)NC(=O)C(C)n1cncn1. The molecule has 0 aromatic carbocycles. The number of carbonyl (C=O) groups excluding carboxylic acids is 1. The topological polar surface area (TPSA) is 80.0 Å². The zero-order chi connectivity index (χ0) is 12.0. The highest BCUT2D eigenvalue weighted by atomic mass is 16.3. The van der Waals surface area contributed by atoms with E-state index in [9.17, 15) is 4.79 Å². The number of aromatic nitrogens is 3. The van der Waals surface area contributed by atoms with Gasteiger partial charge in [0, 0.05) is 12.6 Å². The van der Waals surface area contributed by atoms with Crippen molar-refractivity contribution in [1.82, 2.24) is 20.1 Å². The molecule has 0 aliphatic rings. The maximum absolute atomic E-state index is 11.8. The Balaban J connectivity index is 2.40. The molecule has 6 nitrogen and oxygen atoms in total. The van der Waals surface area contributed by atoms with Gasteiger partial charge in [-0.05, 0) is 26.7 Å². The predicted molar refractivity (Wildman–Crippen MR) is 58.7 cm³/mol. The van der Waals surface area contributed by atoms with E-state index in [1.807, 2.05) is 6.92 Å². The Labute approximate surface area is 94.7 Å². The second-order valence-electron chi connectivity index (χ2n) is 3.83. The monoisotopic (exact) mass is 226 g/mol. The predicted octanol–water partition coefficient (Wildman–Crippen LogP) is 0.116. The molecule has 1 aromatic heterocycles. The Morgan fingerprint density at radius 3 is 2.88 bits per heavy atom. The Morgan fingerprint density at radius 2 is 2.31 bits per heavy atom. The third kappa shape index (κ3) is 3.62. The summed E-state index contributed by atoms with van der Waals surface area (Å²) in [5, 5.41) is 15.4. The van der Waals surface area contributed by atoms with Crippen molar-refractivity contribution in [2.75, 3.05) is 6.61 Å². The van der Waals surface area contributed by atoms with Crippen molar-refractivity contribution in [1.29, 1.82) is 0 Å². The molecule has 2 unspecified atom stereocenters. The van der Waals surface area contributed by atoms with Crippen LogP contribution in [0.3, 0.4) is 0 Å². The second kappa shape index (κ2) is 6.22. The standard InChI is InChI=1S/C10H18N4O2/c1-8(4-3-5-15)13-10(16)9(2)14-7-11-6-12-14/h6-9,15H,3-5H2,1-2H3,(H,13,16). The quantitative estimate of drug-likeness (QED) is 0.722. The molecule has 1 aromatic rings. The largest absolute Gasteiger partial charge is 0.396 e. The number of hydrogen-bond donors (Lipinski definition) is 2. The summed E-state index contributed by atoms with van der Waals surface area (Å²) in [6.07, 6.45) is 4.38. The van der Waals surface area contributed by atoms with E-state index in [4.69, 9.17) is 5.11 Å². The summed E-state index contributed by atoms with van der Waals surface area (Å²) in [5.41, 5.74) is 0. The van der Waals surface area contributed by atoms with E-state index >= 15 is 0 Å². The van der Waals surface area contributed by atoms with Crippen LogP contribution in [-0.2, 0) is 4.79 Å². The molecule has 1 rings (SSSR count). The van der Waals surface area contributed by atoms with Crippen LogP contribution in [0.2, 0.25) is 0 Å². The van der Waals surface area contributed by atoms with Crippen LogP contribution in [0.4, 0.5) is 0 Å². The minimum absolute atomic E-state index is 0.0608. The van der Waals surface area contributed by atoms with Gasteiger partial charge in [-0.25, -0.2) is 9.67 Å². The molecule has 0 radical (unpaired) electrons. The molecule has 2 atom stereocenters. The van der Waals surface area contributed by atoms with Gasteiger partial charge in [-0.3, -0.25) is 4.79 Å². The fourth-order valence-corrected chi connectivity index (χ4v) is 1.37. The van der Waals surface area contributed by atoms with Crippen molar-refractivity contribution in [3.63, 3.8) is 0 Å². The van der Waals surface area contributed by atoms with Crippen LogP contribution >= 0.6 is 0 Å².